The molecule has 1 atom stereocenters. The number of likely N-dealkylation sites (N-methyl/N-ethyl adjacent to an activating group) is 1. The van der Waals surface area contributed by atoms with Gasteiger partial charge in [0, 0.05) is 12.1 Å². The number of hydrogen-bond donors (Lipinski definition) is 1. The highest BCUT2D eigenvalue weighted by Gasteiger charge is 2.10. The van der Waals surface area contributed by atoms with E-state index in [1.165, 1.54) is 50.7 Å². The fourth-order valence-corrected chi connectivity index (χ4v) is 2.75. The molecule has 1 aromatic rings. The Kier molecular flexibility index (Phi) is 9.24. The third-order valence-electron chi connectivity index (χ3n) is 3.80. The van der Waals surface area contributed by atoms with E-state index in [9.17, 15) is 8.78 Å². The first-order valence-corrected chi connectivity index (χ1v) is 8.34. The van der Waals surface area contributed by atoms with Crippen molar-refractivity contribution >= 4 is 0 Å². The molecule has 0 aliphatic carbocycles. The van der Waals surface area contributed by atoms with Gasteiger partial charge in [-0.05, 0) is 37.1 Å². The molecule has 0 aliphatic rings. The van der Waals surface area contributed by atoms with Crippen LogP contribution in [0.15, 0.2) is 18.2 Å². The molecule has 3 heteroatoms. The maximum atomic E-state index is 13.2. The van der Waals surface area contributed by atoms with E-state index in [4.69, 9.17) is 0 Å². The summed E-state index contributed by atoms with van der Waals surface area (Å²) < 4.78 is 26.5. The molecule has 1 nitrogen and oxygen atoms in total. The molecule has 1 unspecified atom stereocenters. The lowest BCUT2D eigenvalue weighted by atomic mass is 9.99. The molecule has 0 amide bonds. The predicted octanol–water partition coefficient (Wildman–Crippen LogP) is 5.24. The van der Waals surface area contributed by atoms with Crippen LogP contribution < -0.4 is 5.32 Å². The molecule has 0 radical (unpaired) electrons. The molecule has 0 saturated heterocycles. The standard InChI is InChI=1S/C18H29F2N/c1-3-5-6-7-8-9-10-18(21-4-2)13-15-11-16(19)14-17(20)12-15/h11-12,14,18,21H,3-10,13H2,1-2H3. The van der Waals surface area contributed by atoms with Crippen LogP contribution in [0.1, 0.15) is 64.4 Å². The van der Waals surface area contributed by atoms with Gasteiger partial charge in [-0.2, -0.15) is 0 Å². The number of halogens is 2. The second kappa shape index (κ2) is 10.7. The van der Waals surface area contributed by atoms with Crippen LogP contribution in [0.2, 0.25) is 0 Å². The van der Waals surface area contributed by atoms with Gasteiger partial charge in [-0.3, -0.25) is 0 Å². The fourth-order valence-electron chi connectivity index (χ4n) is 2.75. The third-order valence-corrected chi connectivity index (χ3v) is 3.80. The highest BCUT2D eigenvalue weighted by molar-refractivity contribution is 5.18. The average molecular weight is 297 g/mol. The Labute approximate surface area is 128 Å². The summed E-state index contributed by atoms with van der Waals surface area (Å²) in [6.07, 6.45) is 9.39. The summed E-state index contributed by atoms with van der Waals surface area (Å²) in [5.74, 6) is -0.973. The molecule has 0 aliphatic heterocycles. The summed E-state index contributed by atoms with van der Waals surface area (Å²) in [5.41, 5.74) is 0.740. The molecule has 0 saturated carbocycles. The number of benzene rings is 1. The lowest BCUT2D eigenvalue weighted by molar-refractivity contribution is 0.457. The number of rotatable bonds is 11. The zero-order chi connectivity index (χ0) is 15.5. The average Bonchev–Trinajstić information content (AvgIpc) is 2.41. The van der Waals surface area contributed by atoms with Crippen molar-refractivity contribution in [3.8, 4) is 0 Å². The molecule has 1 rings (SSSR count). The molecule has 1 N–H and O–H groups in total. The largest absolute Gasteiger partial charge is 0.314 e. The van der Waals surface area contributed by atoms with Crippen molar-refractivity contribution in [2.75, 3.05) is 6.54 Å². The second-order valence-corrected chi connectivity index (χ2v) is 5.79. The monoisotopic (exact) mass is 297 g/mol. The Morgan fingerprint density at radius 2 is 1.52 bits per heavy atom. The normalized spacial score (nSPS) is 12.6. The van der Waals surface area contributed by atoms with Gasteiger partial charge in [-0.25, -0.2) is 8.78 Å². The van der Waals surface area contributed by atoms with Crippen molar-refractivity contribution in [1.82, 2.24) is 5.32 Å². The van der Waals surface area contributed by atoms with Crippen LogP contribution >= 0.6 is 0 Å². The summed E-state index contributed by atoms with van der Waals surface area (Å²) >= 11 is 0. The fraction of sp³-hybridized carbons (Fsp3) is 0.667. The van der Waals surface area contributed by atoms with Gasteiger partial charge < -0.3 is 5.32 Å². The number of nitrogens with one attached hydrogen (secondary N) is 1. The van der Waals surface area contributed by atoms with Gasteiger partial charge in [0.2, 0.25) is 0 Å². The van der Waals surface area contributed by atoms with Crippen LogP contribution in [0.3, 0.4) is 0 Å². The van der Waals surface area contributed by atoms with Crippen LogP contribution in [0.5, 0.6) is 0 Å². The molecule has 21 heavy (non-hydrogen) atoms. The van der Waals surface area contributed by atoms with E-state index in [0.717, 1.165) is 24.6 Å². The quantitative estimate of drug-likeness (QED) is 0.551. The number of unbranched alkanes of at least 4 members (excludes halogenated alkanes) is 5. The Morgan fingerprint density at radius 3 is 2.14 bits per heavy atom. The SMILES string of the molecule is CCCCCCCCC(Cc1cc(F)cc(F)c1)NCC. The molecule has 0 spiro atoms. The molecule has 0 heterocycles. The van der Waals surface area contributed by atoms with Crippen LogP contribution in [0.25, 0.3) is 0 Å². The highest BCUT2D eigenvalue weighted by Crippen LogP contribution is 2.14. The first-order valence-electron chi connectivity index (χ1n) is 8.34. The van der Waals surface area contributed by atoms with Gasteiger partial charge in [-0.1, -0.05) is 52.4 Å². The van der Waals surface area contributed by atoms with E-state index < -0.39 is 11.6 Å². The topological polar surface area (TPSA) is 12.0 Å². The maximum Gasteiger partial charge on any atom is 0.126 e. The van der Waals surface area contributed by atoms with Crippen LogP contribution in [-0.4, -0.2) is 12.6 Å². The zero-order valence-corrected chi connectivity index (χ0v) is 13.4. The molecule has 0 bridgehead atoms. The second-order valence-electron chi connectivity index (χ2n) is 5.79. The van der Waals surface area contributed by atoms with Crippen LogP contribution in [0.4, 0.5) is 8.78 Å². The van der Waals surface area contributed by atoms with Crippen LogP contribution in [-0.2, 0) is 6.42 Å². The molecule has 1 aromatic carbocycles. The Balaban J connectivity index is 2.38. The minimum atomic E-state index is -0.486. The summed E-state index contributed by atoms with van der Waals surface area (Å²) in [6, 6.07) is 4.12. The van der Waals surface area contributed by atoms with E-state index in [-0.39, 0.29) is 0 Å². The van der Waals surface area contributed by atoms with Crippen LogP contribution in [0, 0.1) is 11.6 Å². The van der Waals surface area contributed by atoms with E-state index in [1.54, 1.807) is 0 Å². The molecule has 120 valence electrons. The summed E-state index contributed by atoms with van der Waals surface area (Å²) in [7, 11) is 0. The van der Waals surface area contributed by atoms with E-state index in [1.807, 2.05) is 0 Å². The first-order chi connectivity index (χ1) is 10.2. The third kappa shape index (κ3) is 8.15. The highest BCUT2D eigenvalue weighted by atomic mass is 19.1. The lowest BCUT2D eigenvalue weighted by Crippen LogP contribution is -2.31. The Morgan fingerprint density at radius 1 is 0.905 bits per heavy atom. The van der Waals surface area contributed by atoms with Crippen molar-refractivity contribution in [2.24, 2.45) is 0 Å². The van der Waals surface area contributed by atoms with Gasteiger partial charge in [-0.15, -0.1) is 0 Å². The first kappa shape index (κ1) is 18.1. The van der Waals surface area contributed by atoms with Gasteiger partial charge in [0.1, 0.15) is 11.6 Å². The number of hydrogen-bond acceptors (Lipinski definition) is 1. The predicted molar refractivity (Wildman–Crippen MR) is 85.5 cm³/mol. The van der Waals surface area contributed by atoms with Gasteiger partial charge >= 0.3 is 0 Å². The van der Waals surface area contributed by atoms with Gasteiger partial charge in [0.25, 0.3) is 0 Å². The summed E-state index contributed by atoms with van der Waals surface area (Å²) in [6.45, 7) is 5.18. The van der Waals surface area contributed by atoms with Crippen molar-refractivity contribution in [3.05, 3.63) is 35.4 Å². The molecular formula is C18H29F2N. The van der Waals surface area contributed by atoms with Crippen molar-refractivity contribution in [3.63, 3.8) is 0 Å². The smallest absolute Gasteiger partial charge is 0.126 e. The van der Waals surface area contributed by atoms with E-state index in [0.29, 0.717) is 12.5 Å². The molecular weight excluding hydrogens is 268 g/mol. The lowest BCUT2D eigenvalue weighted by Gasteiger charge is -2.18. The summed E-state index contributed by atoms with van der Waals surface area (Å²) in [4.78, 5) is 0. The Bertz CT molecular complexity index is 373. The van der Waals surface area contributed by atoms with Gasteiger partial charge in [0.15, 0.2) is 0 Å². The minimum Gasteiger partial charge on any atom is -0.314 e. The zero-order valence-electron chi connectivity index (χ0n) is 13.4. The van der Waals surface area contributed by atoms with E-state index >= 15 is 0 Å². The van der Waals surface area contributed by atoms with E-state index in [2.05, 4.69) is 19.2 Å². The van der Waals surface area contributed by atoms with Crippen molar-refractivity contribution in [2.45, 2.75) is 71.3 Å². The Hall–Kier alpha value is -0.960. The van der Waals surface area contributed by atoms with Gasteiger partial charge in [0.05, 0.1) is 0 Å². The molecule has 0 fully saturated rings. The summed E-state index contributed by atoms with van der Waals surface area (Å²) in [5, 5.41) is 3.43. The minimum absolute atomic E-state index is 0.308. The van der Waals surface area contributed by atoms with Crippen molar-refractivity contribution in [1.29, 1.82) is 0 Å². The maximum absolute atomic E-state index is 13.2. The molecule has 0 aromatic heterocycles. The van der Waals surface area contributed by atoms with Crippen molar-refractivity contribution < 1.29 is 8.78 Å².